The maximum Gasteiger partial charge on any atom is 0.414 e. The quantitative estimate of drug-likeness (QED) is 0.597. The van der Waals surface area contributed by atoms with E-state index in [1.54, 1.807) is 32.9 Å². The number of carbonyl (C=O) groups excluding carboxylic acids is 2. The number of benzene rings is 1. The Labute approximate surface area is 125 Å². The molecule has 0 heterocycles. The Bertz CT molecular complexity index is 498. The molecule has 0 aliphatic rings. The predicted octanol–water partition coefficient (Wildman–Crippen LogP) is 3.16. The maximum absolute atomic E-state index is 12.0. The van der Waals surface area contributed by atoms with E-state index in [1.165, 1.54) is 4.90 Å². The molecule has 21 heavy (non-hydrogen) atoms. The van der Waals surface area contributed by atoms with Crippen LogP contribution in [0.15, 0.2) is 42.5 Å². The van der Waals surface area contributed by atoms with Gasteiger partial charge in [-0.2, -0.15) is 0 Å². The lowest BCUT2D eigenvalue weighted by molar-refractivity contribution is -0.142. The van der Waals surface area contributed by atoms with Crippen molar-refractivity contribution in [3.05, 3.63) is 42.5 Å². The summed E-state index contributed by atoms with van der Waals surface area (Å²) in [4.78, 5) is 25.0. The first kappa shape index (κ1) is 16.8. The molecule has 0 spiro atoms. The molecule has 1 aromatic carbocycles. The molecule has 1 amide bonds. The van der Waals surface area contributed by atoms with Crippen molar-refractivity contribution in [2.45, 2.75) is 26.9 Å². The molecule has 5 nitrogen and oxygen atoms in total. The van der Waals surface area contributed by atoms with Gasteiger partial charge in [-0.15, -0.1) is 0 Å². The molecule has 1 unspecified atom stereocenters. The standard InChI is InChI=1S/C16H21NO4/c1-5-20-16(19)17(14-9-7-6-8-10-14)11-13(4)21-15(18)12(2)3/h6-10,13H,2,5,11H2,1,3-4H3. The number of nitrogens with zero attached hydrogens (tertiary/aromatic N) is 1. The van der Waals surface area contributed by atoms with Crippen LogP contribution >= 0.6 is 0 Å². The van der Waals surface area contributed by atoms with E-state index in [0.717, 1.165) is 0 Å². The fourth-order valence-corrected chi connectivity index (χ4v) is 1.67. The third-order valence-electron chi connectivity index (χ3n) is 2.65. The highest BCUT2D eigenvalue weighted by Crippen LogP contribution is 2.16. The van der Waals surface area contributed by atoms with Crippen LogP contribution in [0.1, 0.15) is 20.8 Å². The van der Waals surface area contributed by atoms with E-state index in [-0.39, 0.29) is 13.2 Å². The minimum Gasteiger partial charge on any atom is -0.457 e. The molecule has 0 N–H and O–H groups in total. The molecule has 5 heteroatoms. The predicted molar refractivity (Wildman–Crippen MR) is 81.2 cm³/mol. The van der Waals surface area contributed by atoms with E-state index >= 15 is 0 Å². The van der Waals surface area contributed by atoms with Crippen molar-refractivity contribution in [2.24, 2.45) is 0 Å². The Morgan fingerprint density at radius 3 is 2.43 bits per heavy atom. The van der Waals surface area contributed by atoms with Gasteiger partial charge in [-0.25, -0.2) is 9.59 Å². The minimum atomic E-state index is -0.473. The SMILES string of the molecule is C=C(C)C(=O)OC(C)CN(C(=O)OCC)c1ccccc1. The molecular weight excluding hydrogens is 270 g/mol. The Hall–Kier alpha value is -2.30. The van der Waals surface area contributed by atoms with Crippen LogP contribution in [0.25, 0.3) is 0 Å². The molecule has 1 rings (SSSR count). The smallest absolute Gasteiger partial charge is 0.414 e. The number of ether oxygens (including phenoxy) is 2. The summed E-state index contributed by atoms with van der Waals surface area (Å²) in [7, 11) is 0. The van der Waals surface area contributed by atoms with Gasteiger partial charge < -0.3 is 9.47 Å². The second-order valence-electron chi connectivity index (χ2n) is 4.64. The van der Waals surface area contributed by atoms with E-state index in [0.29, 0.717) is 11.3 Å². The van der Waals surface area contributed by atoms with Crippen molar-refractivity contribution in [1.29, 1.82) is 0 Å². The molecule has 114 valence electrons. The molecule has 0 aliphatic carbocycles. The number of anilines is 1. The first-order valence-electron chi connectivity index (χ1n) is 6.81. The van der Waals surface area contributed by atoms with Gasteiger partial charge in [0, 0.05) is 11.3 Å². The third-order valence-corrected chi connectivity index (χ3v) is 2.65. The Balaban J connectivity index is 2.81. The first-order valence-corrected chi connectivity index (χ1v) is 6.81. The van der Waals surface area contributed by atoms with Gasteiger partial charge in [0.1, 0.15) is 6.10 Å². The fourth-order valence-electron chi connectivity index (χ4n) is 1.67. The van der Waals surface area contributed by atoms with E-state index in [9.17, 15) is 9.59 Å². The van der Waals surface area contributed by atoms with Crippen molar-refractivity contribution in [1.82, 2.24) is 0 Å². The number of rotatable bonds is 6. The molecule has 0 radical (unpaired) electrons. The van der Waals surface area contributed by atoms with Gasteiger partial charge in [-0.05, 0) is 32.9 Å². The van der Waals surface area contributed by atoms with Gasteiger partial charge in [0.15, 0.2) is 0 Å². The van der Waals surface area contributed by atoms with Crippen molar-refractivity contribution in [2.75, 3.05) is 18.1 Å². The van der Waals surface area contributed by atoms with Crippen LogP contribution in [0.4, 0.5) is 10.5 Å². The van der Waals surface area contributed by atoms with Crippen molar-refractivity contribution >= 4 is 17.7 Å². The summed E-state index contributed by atoms with van der Waals surface area (Å²) in [5, 5.41) is 0. The lowest BCUT2D eigenvalue weighted by Gasteiger charge is -2.25. The lowest BCUT2D eigenvalue weighted by Crippen LogP contribution is -2.38. The van der Waals surface area contributed by atoms with Gasteiger partial charge >= 0.3 is 12.1 Å². The monoisotopic (exact) mass is 291 g/mol. The summed E-state index contributed by atoms with van der Waals surface area (Å²) in [5.41, 5.74) is 1.01. The first-order chi connectivity index (χ1) is 9.95. The summed E-state index contributed by atoms with van der Waals surface area (Å²) in [6.45, 7) is 9.06. The van der Waals surface area contributed by atoms with Crippen LogP contribution in [0, 0.1) is 0 Å². The van der Waals surface area contributed by atoms with Crippen molar-refractivity contribution < 1.29 is 19.1 Å². The number of amides is 1. The highest BCUT2D eigenvalue weighted by Gasteiger charge is 2.21. The summed E-state index contributed by atoms with van der Waals surface area (Å²) in [5.74, 6) is -0.473. The normalized spacial score (nSPS) is 11.4. The third kappa shape index (κ3) is 5.30. The molecule has 0 aromatic heterocycles. The fraction of sp³-hybridized carbons (Fsp3) is 0.375. The molecular formula is C16H21NO4. The van der Waals surface area contributed by atoms with Crippen molar-refractivity contribution in [3.63, 3.8) is 0 Å². The molecule has 0 saturated carbocycles. The van der Waals surface area contributed by atoms with Crippen LogP contribution in [0.5, 0.6) is 0 Å². The van der Waals surface area contributed by atoms with Gasteiger partial charge in [-0.3, -0.25) is 4.90 Å². The molecule has 0 bridgehead atoms. The summed E-state index contributed by atoms with van der Waals surface area (Å²) < 4.78 is 10.2. The number of para-hydroxylation sites is 1. The zero-order chi connectivity index (χ0) is 15.8. The highest BCUT2D eigenvalue weighted by molar-refractivity contribution is 5.88. The van der Waals surface area contributed by atoms with Gasteiger partial charge in [0.2, 0.25) is 0 Å². The van der Waals surface area contributed by atoms with Gasteiger partial charge in [-0.1, -0.05) is 24.8 Å². The van der Waals surface area contributed by atoms with Gasteiger partial charge in [0.05, 0.1) is 13.2 Å². The van der Waals surface area contributed by atoms with E-state index in [2.05, 4.69) is 6.58 Å². The number of esters is 1. The summed E-state index contributed by atoms with van der Waals surface area (Å²) in [6, 6.07) is 9.10. The van der Waals surface area contributed by atoms with E-state index < -0.39 is 18.2 Å². The van der Waals surface area contributed by atoms with Crippen LogP contribution in [0.3, 0.4) is 0 Å². The van der Waals surface area contributed by atoms with E-state index in [4.69, 9.17) is 9.47 Å². The molecule has 0 saturated heterocycles. The largest absolute Gasteiger partial charge is 0.457 e. The Morgan fingerprint density at radius 2 is 1.90 bits per heavy atom. The highest BCUT2D eigenvalue weighted by atomic mass is 16.6. The second-order valence-corrected chi connectivity index (χ2v) is 4.64. The van der Waals surface area contributed by atoms with Crippen LogP contribution < -0.4 is 4.90 Å². The second kappa shape index (κ2) is 8.09. The van der Waals surface area contributed by atoms with E-state index in [1.807, 2.05) is 18.2 Å². The number of carbonyl (C=O) groups is 2. The zero-order valence-electron chi connectivity index (χ0n) is 12.7. The molecule has 1 atom stereocenters. The van der Waals surface area contributed by atoms with Crippen LogP contribution in [-0.2, 0) is 14.3 Å². The molecule has 0 fully saturated rings. The van der Waals surface area contributed by atoms with Crippen LogP contribution in [-0.4, -0.2) is 31.3 Å². The van der Waals surface area contributed by atoms with Crippen LogP contribution in [0.2, 0.25) is 0 Å². The number of hydrogen-bond donors (Lipinski definition) is 0. The molecule has 0 aliphatic heterocycles. The number of hydrogen-bond acceptors (Lipinski definition) is 4. The summed E-state index contributed by atoms with van der Waals surface area (Å²) in [6.07, 6.45) is -0.944. The Kier molecular flexibility index (Phi) is 6.46. The van der Waals surface area contributed by atoms with Gasteiger partial charge in [0.25, 0.3) is 0 Å². The average molecular weight is 291 g/mol. The average Bonchev–Trinajstić information content (AvgIpc) is 2.45. The summed E-state index contributed by atoms with van der Waals surface area (Å²) >= 11 is 0. The molecule has 1 aromatic rings. The van der Waals surface area contributed by atoms with Crippen molar-refractivity contribution in [3.8, 4) is 0 Å². The topological polar surface area (TPSA) is 55.8 Å². The maximum atomic E-state index is 12.0. The minimum absolute atomic E-state index is 0.210. The lowest BCUT2D eigenvalue weighted by atomic mass is 10.2. The Morgan fingerprint density at radius 1 is 1.29 bits per heavy atom. The zero-order valence-corrected chi connectivity index (χ0v) is 12.7.